The number of rotatable bonds is 57. The molecule has 0 saturated heterocycles. The Hall–Kier alpha value is -2.37. The highest BCUT2D eigenvalue weighted by molar-refractivity contribution is 5.71. The van der Waals surface area contributed by atoms with Crippen LogP contribution in [-0.4, -0.2) is 37.2 Å². The largest absolute Gasteiger partial charge is 0.462 e. The first kappa shape index (κ1) is 67.6. The topological polar surface area (TPSA) is 78.9 Å². The van der Waals surface area contributed by atoms with E-state index in [1.165, 1.54) is 212 Å². The van der Waals surface area contributed by atoms with Crippen molar-refractivity contribution >= 4 is 17.9 Å². The van der Waals surface area contributed by atoms with Crippen LogP contribution in [0.3, 0.4) is 0 Å². The summed E-state index contributed by atoms with van der Waals surface area (Å²) in [6.07, 6.45) is 71.4. The Labute approximate surface area is 435 Å². The molecule has 1 atom stereocenters. The molecule has 0 aliphatic rings. The van der Waals surface area contributed by atoms with Gasteiger partial charge >= 0.3 is 17.9 Å². The standard InChI is InChI=1S/C64H118O6/c1-4-7-10-13-16-19-22-25-28-31-34-36-39-42-45-48-51-54-57-63(66)69-60-61(70-64(67)58-55-52-49-46-43-40-37-33-30-27-24-21-18-15-12-9-6-3)59-68-62(65)56-53-50-47-44-41-38-35-32-29-26-23-20-17-14-11-8-5-2/h18,21,27,30,37,40,61H,4-17,19-20,22-26,28-29,31-36,38-39,41-60H2,1-3H3/b21-18+,30-27+,40-37+/t61-/m1/s1. The van der Waals surface area contributed by atoms with E-state index in [4.69, 9.17) is 14.2 Å². The Morgan fingerprint density at radius 2 is 0.514 bits per heavy atom. The molecule has 0 aromatic carbocycles. The Bertz CT molecular complexity index is 1170. The maximum Gasteiger partial charge on any atom is 0.306 e. The summed E-state index contributed by atoms with van der Waals surface area (Å²) >= 11 is 0. The fourth-order valence-corrected chi connectivity index (χ4v) is 9.22. The summed E-state index contributed by atoms with van der Waals surface area (Å²) in [6.45, 7) is 6.66. The molecule has 0 rings (SSSR count). The lowest BCUT2D eigenvalue weighted by Gasteiger charge is -2.18. The normalized spacial score (nSPS) is 12.2. The molecule has 0 aliphatic carbocycles. The quantitative estimate of drug-likeness (QED) is 0.0261. The molecule has 0 aliphatic heterocycles. The van der Waals surface area contributed by atoms with E-state index in [9.17, 15) is 14.4 Å². The predicted molar refractivity (Wildman–Crippen MR) is 302 cm³/mol. The average molecular weight is 984 g/mol. The van der Waals surface area contributed by atoms with Crippen molar-refractivity contribution in [1.82, 2.24) is 0 Å². The molecule has 0 amide bonds. The number of hydrogen-bond donors (Lipinski definition) is 0. The van der Waals surface area contributed by atoms with E-state index >= 15 is 0 Å². The molecule has 6 nitrogen and oxygen atoms in total. The second kappa shape index (κ2) is 59.2. The summed E-state index contributed by atoms with van der Waals surface area (Å²) in [4.78, 5) is 38.3. The van der Waals surface area contributed by atoms with Gasteiger partial charge in [0.15, 0.2) is 6.10 Å². The summed E-state index contributed by atoms with van der Waals surface area (Å²) in [7, 11) is 0. The number of ether oxygens (including phenoxy) is 3. The van der Waals surface area contributed by atoms with Crippen LogP contribution in [0.4, 0.5) is 0 Å². The summed E-state index contributed by atoms with van der Waals surface area (Å²) in [6, 6.07) is 0. The van der Waals surface area contributed by atoms with Crippen LogP contribution < -0.4 is 0 Å². The fraction of sp³-hybridized carbons (Fsp3) is 0.859. The van der Waals surface area contributed by atoms with Crippen molar-refractivity contribution in [2.75, 3.05) is 13.2 Å². The van der Waals surface area contributed by atoms with E-state index in [-0.39, 0.29) is 31.1 Å². The molecule has 70 heavy (non-hydrogen) atoms. The Morgan fingerprint density at radius 3 is 0.829 bits per heavy atom. The molecule has 0 aromatic heterocycles. The number of carbonyl (C=O) groups excluding carboxylic acids is 3. The Kier molecular flexibility index (Phi) is 57.2. The molecule has 0 aromatic rings. The van der Waals surface area contributed by atoms with Crippen LogP contribution in [0.15, 0.2) is 36.5 Å². The Balaban J connectivity index is 4.36. The summed E-state index contributed by atoms with van der Waals surface area (Å²) in [5.74, 6) is -0.874. The minimum atomic E-state index is -0.780. The van der Waals surface area contributed by atoms with Crippen molar-refractivity contribution in [3.63, 3.8) is 0 Å². The molecule has 6 heteroatoms. The van der Waals surface area contributed by atoms with Gasteiger partial charge < -0.3 is 14.2 Å². The molecule has 0 unspecified atom stereocenters. The van der Waals surface area contributed by atoms with Gasteiger partial charge in [-0.3, -0.25) is 14.4 Å². The van der Waals surface area contributed by atoms with Gasteiger partial charge in [0.2, 0.25) is 0 Å². The molecule has 410 valence electrons. The molecular weight excluding hydrogens is 865 g/mol. The van der Waals surface area contributed by atoms with Crippen molar-refractivity contribution in [3.05, 3.63) is 36.5 Å². The van der Waals surface area contributed by atoms with E-state index in [1.807, 2.05) is 0 Å². The van der Waals surface area contributed by atoms with Crippen LogP contribution >= 0.6 is 0 Å². The van der Waals surface area contributed by atoms with Gasteiger partial charge in [0.25, 0.3) is 0 Å². The highest BCUT2D eigenvalue weighted by Crippen LogP contribution is 2.17. The first-order chi connectivity index (χ1) is 34.5. The minimum absolute atomic E-state index is 0.0761. The zero-order valence-corrected chi connectivity index (χ0v) is 47.1. The van der Waals surface area contributed by atoms with Crippen molar-refractivity contribution in [2.24, 2.45) is 0 Å². The lowest BCUT2D eigenvalue weighted by molar-refractivity contribution is -0.167. The van der Waals surface area contributed by atoms with E-state index in [0.717, 1.165) is 83.5 Å². The van der Waals surface area contributed by atoms with Gasteiger partial charge in [0.1, 0.15) is 13.2 Å². The van der Waals surface area contributed by atoms with Crippen molar-refractivity contribution in [2.45, 2.75) is 341 Å². The van der Waals surface area contributed by atoms with Crippen LogP contribution in [0, 0.1) is 0 Å². The van der Waals surface area contributed by atoms with Crippen LogP contribution in [0.25, 0.3) is 0 Å². The molecule has 0 saturated carbocycles. The van der Waals surface area contributed by atoms with Crippen LogP contribution in [0.2, 0.25) is 0 Å². The molecular formula is C64H118O6. The van der Waals surface area contributed by atoms with E-state index in [0.29, 0.717) is 19.3 Å². The summed E-state index contributed by atoms with van der Waals surface area (Å²) in [5.41, 5.74) is 0. The maximum atomic E-state index is 12.9. The number of allylic oxidation sites excluding steroid dienone is 6. The first-order valence-electron chi connectivity index (χ1n) is 31.0. The third-order valence-electron chi connectivity index (χ3n) is 13.9. The zero-order valence-electron chi connectivity index (χ0n) is 47.1. The number of carbonyl (C=O) groups is 3. The summed E-state index contributed by atoms with van der Waals surface area (Å²) < 4.78 is 16.9. The molecule has 0 bridgehead atoms. The maximum absolute atomic E-state index is 12.9. The van der Waals surface area contributed by atoms with E-state index in [1.54, 1.807) is 0 Å². The van der Waals surface area contributed by atoms with E-state index < -0.39 is 6.10 Å². The first-order valence-corrected chi connectivity index (χ1v) is 31.0. The number of hydrogen-bond acceptors (Lipinski definition) is 6. The molecule has 0 N–H and O–H groups in total. The van der Waals surface area contributed by atoms with Gasteiger partial charge in [-0.1, -0.05) is 295 Å². The van der Waals surface area contributed by atoms with Crippen molar-refractivity contribution < 1.29 is 28.6 Å². The molecule has 0 spiro atoms. The van der Waals surface area contributed by atoms with Crippen LogP contribution in [-0.2, 0) is 28.6 Å². The Morgan fingerprint density at radius 1 is 0.286 bits per heavy atom. The van der Waals surface area contributed by atoms with Gasteiger partial charge in [0, 0.05) is 19.3 Å². The number of unbranched alkanes of at least 4 members (excludes halogenated alkanes) is 40. The lowest BCUT2D eigenvalue weighted by atomic mass is 10.0. The van der Waals surface area contributed by atoms with Crippen LogP contribution in [0.5, 0.6) is 0 Å². The van der Waals surface area contributed by atoms with E-state index in [2.05, 4.69) is 57.2 Å². The third kappa shape index (κ3) is 56.5. The predicted octanol–water partition coefficient (Wildman–Crippen LogP) is 20.8. The van der Waals surface area contributed by atoms with Gasteiger partial charge in [0.05, 0.1) is 0 Å². The van der Waals surface area contributed by atoms with Gasteiger partial charge in [-0.25, -0.2) is 0 Å². The SMILES string of the molecule is CCCCC/C=C/C/C=C/C/C=C/CCCCCCC(=O)O[C@H](COC(=O)CCCCCCCCCCCCCCCCCCC)COC(=O)CCCCCCCCCCCCCCCCCCCC. The second-order valence-electron chi connectivity index (χ2n) is 21.0. The van der Waals surface area contributed by atoms with Gasteiger partial charge in [-0.05, 0) is 57.8 Å². The number of esters is 3. The van der Waals surface area contributed by atoms with Crippen molar-refractivity contribution in [3.8, 4) is 0 Å². The average Bonchev–Trinajstić information content (AvgIpc) is 3.36. The van der Waals surface area contributed by atoms with Crippen molar-refractivity contribution in [1.29, 1.82) is 0 Å². The van der Waals surface area contributed by atoms with Gasteiger partial charge in [-0.2, -0.15) is 0 Å². The monoisotopic (exact) mass is 983 g/mol. The highest BCUT2D eigenvalue weighted by atomic mass is 16.6. The lowest BCUT2D eigenvalue weighted by Crippen LogP contribution is -2.30. The zero-order chi connectivity index (χ0) is 50.7. The molecule has 0 fully saturated rings. The third-order valence-corrected chi connectivity index (χ3v) is 13.9. The minimum Gasteiger partial charge on any atom is -0.462 e. The molecule has 0 radical (unpaired) electrons. The summed E-state index contributed by atoms with van der Waals surface area (Å²) in [5, 5.41) is 0. The molecule has 0 heterocycles. The highest BCUT2D eigenvalue weighted by Gasteiger charge is 2.19. The van der Waals surface area contributed by atoms with Gasteiger partial charge in [-0.15, -0.1) is 0 Å². The second-order valence-corrected chi connectivity index (χ2v) is 21.0. The van der Waals surface area contributed by atoms with Crippen LogP contribution in [0.1, 0.15) is 335 Å². The smallest absolute Gasteiger partial charge is 0.306 e. The fourth-order valence-electron chi connectivity index (χ4n) is 9.22.